The fourth-order valence-electron chi connectivity index (χ4n) is 2.21. The highest BCUT2D eigenvalue weighted by Gasteiger charge is 2.24. The number of aliphatic hydroxyl groups is 1. The fourth-order valence-corrected chi connectivity index (χ4v) is 2.21. The Morgan fingerprint density at radius 2 is 2.00 bits per heavy atom. The SMILES string of the molecule is CCOC(=O)c1cn(C(C)CO)c2c(F)c(F)c(F)cc2c1=O. The van der Waals surface area contributed by atoms with Crippen molar-refractivity contribution in [1.29, 1.82) is 0 Å². The summed E-state index contributed by atoms with van der Waals surface area (Å²) < 4.78 is 46.8. The number of aliphatic hydroxyl groups excluding tert-OH is 1. The lowest BCUT2D eigenvalue weighted by atomic mass is 10.1. The predicted octanol–water partition coefficient (Wildman–Crippen LogP) is 2.15. The number of pyridine rings is 1. The van der Waals surface area contributed by atoms with Crippen molar-refractivity contribution in [3.05, 3.63) is 45.5 Å². The number of hydrogen-bond acceptors (Lipinski definition) is 4. The maximum absolute atomic E-state index is 14.1. The van der Waals surface area contributed by atoms with Gasteiger partial charge in [-0.2, -0.15) is 0 Å². The molecule has 0 radical (unpaired) electrons. The summed E-state index contributed by atoms with van der Waals surface area (Å²) in [5.74, 6) is -5.81. The average molecular weight is 329 g/mol. The number of nitrogens with zero attached hydrogens (tertiary/aromatic N) is 1. The van der Waals surface area contributed by atoms with Crippen molar-refractivity contribution in [2.75, 3.05) is 13.2 Å². The number of rotatable bonds is 4. The molecule has 1 atom stereocenters. The summed E-state index contributed by atoms with van der Waals surface area (Å²) in [4.78, 5) is 24.1. The first kappa shape index (κ1) is 17.0. The van der Waals surface area contributed by atoms with Crippen LogP contribution < -0.4 is 5.43 Å². The van der Waals surface area contributed by atoms with E-state index in [4.69, 9.17) is 4.74 Å². The average Bonchev–Trinajstić information content (AvgIpc) is 2.53. The lowest BCUT2D eigenvalue weighted by Crippen LogP contribution is -2.24. The van der Waals surface area contributed by atoms with Gasteiger partial charge in [0, 0.05) is 6.20 Å². The Morgan fingerprint density at radius 1 is 1.35 bits per heavy atom. The van der Waals surface area contributed by atoms with E-state index in [1.54, 1.807) is 0 Å². The third-order valence-electron chi connectivity index (χ3n) is 3.39. The van der Waals surface area contributed by atoms with Crippen molar-refractivity contribution in [2.24, 2.45) is 0 Å². The van der Waals surface area contributed by atoms with E-state index in [-0.39, 0.29) is 6.61 Å². The zero-order chi connectivity index (χ0) is 17.3. The van der Waals surface area contributed by atoms with E-state index in [1.165, 1.54) is 13.8 Å². The van der Waals surface area contributed by atoms with Crippen LogP contribution in [0.3, 0.4) is 0 Å². The largest absolute Gasteiger partial charge is 0.462 e. The molecule has 1 unspecified atom stereocenters. The zero-order valence-corrected chi connectivity index (χ0v) is 12.4. The monoisotopic (exact) mass is 329 g/mol. The van der Waals surface area contributed by atoms with Crippen molar-refractivity contribution in [3.8, 4) is 0 Å². The Kier molecular flexibility index (Phi) is 4.74. The maximum Gasteiger partial charge on any atom is 0.343 e. The minimum absolute atomic E-state index is 0.00198. The molecule has 0 bridgehead atoms. The highest BCUT2D eigenvalue weighted by Crippen LogP contribution is 2.24. The van der Waals surface area contributed by atoms with Crippen LogP contribution in [-0.4, -0.2) is 28.9 Å². The summed E-state index contributed by atoms with van der Waals surface area (Å²) in [6, 6.07) is -0.259. The molecule has 0 fully saturated rings. The molecule has 0 aliphatic rings. The second-order valence-electron chi connectivity index (χ2n) is 4.91. The smallest absolute Gasteiger partial charge is 0.343 e. The second-order valence-corrected chi connectivity index (χ2v) is 4.91. The van der Waals surface area contributed by atoms with Crippen LogP contribution in [0.15, 0.2) is 17.1 Å². The van der Waals surface area contributed by atoms with E-state index in [2.05, 4.69) is 0 Å². The Bertz CT molecular complexity index is 832. The fraction of sp³-hybridized carbons (Fsp3) is 0.333. The molecule has 0 saturated heterocycles. The van der Waals surface area contributed by atoms with Gasteiger partial charge in [0.15, 0.2) is 17.5 Å². The molecule has 1 N–H and O–H groups in total. The summed E-state index contributed by atoms with van der Waals surface area (Å²) in [5.41, 5.74) is -1.95. The number of carbonyl (C=O) groups excluding carboxylic acids is 1. The van der Waals surface area contributed by atoms with Crippen LogP contribution in [-0.2, 0) is 4.74 Å². The molecule has 124 valence electrons. The summed E-state index contributed by atoms with van der Waals surface area (Å²) in [7, 11) is 0. The van der Waals surface area contributed by atoms with Gasteiger partial charge >= 0.3 is 5.97 Å². The first-order valence-electron chi connectivity index (χ1n) is 6.83. The van der Waals surface area contributed by atoms with Crippen LogP contribution >= 0.6 is 0 Å². The quantitative estimate of drug-likeness (QED) is 0.689. The number of carbonyl (C=O) groups is 1. The number of hydrogen-bond donors (Lipinski definition) is 1. The summed E-state index contributed by atoms with van der Waals surface area (Å²) >= 11 is 0. The standard InChI is InChI=1S/C15H14F3NO4/c1-3-23-15(22)9-5-19(7(2)6-20)13-8(14(9)21)4-10(16)11(17)12(13)18/h4-5,7,20H,3,6H2,1-2H3. The molecule has 0 spiro atoms. The molecule has 8 heteroatoms. The number of benzene rings is 1. The minimum atomic E-state index is -1.74. The first-order valence-corrected chi connectivity index (χ1v) is 6.83. The Hall–Kier alpha value is -2.35. The van der Waals surface area contributed by atoms with E-state index in [9.17, 15) is 27.9 Å². The predicted molar refractivity (Wildman–Crippen MR) is 75.8 cm³/mol. The van der Waals surface area contributed by atoms with Crippen molar-refractivity contribution >= 4 is 16.9 Å². The van der Waals surface area contributed by atoms with Gasteiger partial charge in [0.1, 0.15) is 5.56 Å². The molecular weight excluding hydrogens is 315 g/mol. The molecule has 1 aromatic heterocycles. The van der Waals surface area contributed by atoms with Crippen molar-refractivity contribution in [2.45, 2.75) is 19.9 Å². The third kappa shape index (κ3) is 2.81. The number of halogens is 3. The van der Waals surface area contributed by atoms with E-state index in [1.807, 2.05) is 0 Å². The number of aromatic nitrogens is 1. The van der Waals surface area contributed by atoms with Gasteiger partial charge in [-0.3, -0.25) is 4.79 Å². The lowest BCUT2D eigenvalue weighted by molar-refractivity contribution is 0.0523. The van der Waals surface area contributed by atoms with Crippen LogP contribution in [0, 0.1) is 17.5 Å². The van der Waals surface area contributed by atoms with Gasteiger partial charge in [-0.15, -0.1) is 0 Å². The molecule has 2 aromatic rings. The van der Waals surface area contributed by atoms with Gasteiger partial charge in [0.2, 0.25) is 5.43 Å². The van der Waals surface area contributed by atoms with E-state index in [0.29, 0.717) is 6.07 Å². The van der Waals surface area contributed by atoms with Crippen molar-refractivity contribution in [1.82, 2.24) is 4.57 Å². The Morgan fingerprint density at radius 3 is 2.57 bits per heavy atom. The molecule has 0 aliphatic heterocycles. The van der Waals surface area contributed by atoms with E-state index >= 15 is 0 Å². The zero-order valence-electron chi connectivity index (χ0n) is 12.4. The van der Waals surface area contributed by atoms with Gasteiger partial charge in [0.05, 0.1) is 30.2 Å². The molecule has 5 nitrogen and oxygen atoms in total. The summed E-state index contributed by atoms with van der Waals surface area (Å²) in [6.45, 7) is 2.51. The number of esters is 1. The molecule has 0 saturated carbocycles. The molecule has 1 heterocycles. The summed E-state index contributed by atoms with van der Waals surface area (Å²) in [5, 5.41) is 8.75. The van der Waals surface area contributed by atoms with Crippen LogP contribution in [0.1, 0.15) is 30.2 Å². The molecule has 0 amide bonds. The molecule has 23 heavy (non-hydrogen) atoms. The van der Waals surface area contributed by atoms with Gasteiger partial charge in [0.25, 0.3) is 0 Å². The third-order valence-corrected chi connectivity index (χ3v) is 3.39. The second kappa shape index (κ2) is 6.41. The topological polar surface area (TPSA) is 68.5 Å². The molecule has 1 aromatic carbocycles. The number of ether oxygens (including phenoxy) is 1. The highest BCUT2D eigenvalue weighted by atomic mass is 19.2. The highest BCUT2D eigenvalue weighted by molar-refractivity contribution is 5.94. The number of fused-ring (bicyclic) bond motifs is 1. The van der Waals surface area contributed by atoms with E-state index in [0.717, 1.165) is 10.8 Å². The molecule has 0 aliphatic carbocycles. The van der Waals surface area contributed by atoms with Gasteiger partial charge in [-0.05, 0) is 19.9 Å². The van der Waals surface area contributed by atoms with Gasteiger partial charge in [-0.1, -0.05) is 0 Å². The van der Waals surface area contributed by atoms with Crippen LogP contribution in [0.5, 0.6) is 0 Å². The molecular formula is C15H14F3NO4. The van der Waals surface area contributed by atoms with Crippen LogP contribution in [0.4, 0.5) is 13.2 Å². The van der Waals surface area contributed by atoms with Crippen LogP contribution in [0.2, 0.25) is 0 Å². The van der Waals surface area contributed by atoms with Gasteiger partial charge in [-0.25, -0.2) is 18.0 Å². The Labute approximate surface area is 128 Å². The normalized spacial score (nSPS) is 12.4. The molecule has 2 rings (SSSR count). The maximum atomic E-state index is 14.1. The minimum Gasteiger partial charge on any atom is -0.462 e. The van der Waals surface area contributed by atoms with Crippen LogP contribution in [0.25, 0.3) is 10.9 Å². The summed E-state index contributed by atoms with van der Waals surface area (Å²) in [6.07, 6.45) is 0.976. The van der Waals surface area contributed by atoms with Gasteiger partial charge < -0.3 is 14.4 Å². The lowest BCUT2D eigenvalue weighted by Gasteiger charge is -2.18. The van der Waals surface area contributed by atoms with Crippen molar-refractivity contribution in [3.63, 3.8) is 0 Å². The Balaban J connectivity index is 2.95. The van der Waals surface area contributed by atoms with Crippen molar-refractivity contribution < 1.29 is 27.8 Å². The van der Waals surface area contributed by atoms with E-state index < -0.39 is 58.0 Å². The first-order chi connectivity index (χ1) is 10.8.